The van der Waals surface area contributed by atoms with E-state index in [1.807, 2.05) is 54.6 Å². The van der Waals surface area contributed by atoms with Crippen LogP contribution in [0.2, 0.25) is 0 Å². The second kappa shape index (κ2) is 8.83. The third-order valence-corrected chi connectivity index (χ3v) is 5.20. The van der Waals surface area contributed by atoms with Crippen molar-refractivity contribution >= 4 is 17.7 Å². The van der Waals surface area contributed by atoms with Gasteiger partial charge in [0.05, 0.1) is 11.1 Å². The quantitative estimate of drug-likeness (QED) is 0.600. The van der Waals surface area contributed by atoms with Crippen molar-refractivity contribution in [2.75, 3.05) is 0 Å². The zero-order valence-corrected chi connectivity index (χ0v) is 17.1. The molecule has 31 heavy (non-hydrogen) atoms. The van der Waals surface area contributed by atoms with Gasteiger partial charge in [0.2, 0.25) is 5.91 Å². The molecule has 1 unspecified atom stereocenters. The SMILES string of the molecule is CC(C(=O)NCc1cccc(COc2ccccc2)c1)N1C(=O)c2ccccc2C1=O. The van der Waals surface area contributed by atoms with Gasteiger partial charge >= 0.3 is 0 Å². The lowest BCUT2D eigenvalue weighted by Gasteiger charge is -2.21. The number of imide groups is 1. The maximum Gasteiger partial charge on any atom is 0.262 e. The predicted octanol–water partition coefficient (Wildman–Crippen LogP) is 3.57. The number of nitrogens with one attached hydrogen (secondary N) is 1. The van der Waals surface area contributed by atoms with Gasteiger partial charge in [-0.15, -0.1) is 0 Å². The fourth-order valence-electron chi connectivity index (χ4n) is 3.53. The summed E-state index contributed by atoms with van der Waals surface area (Å²) in [7, 11) is 0. The number of benzene rings is 3. The van der Waals surface area contributed by atoms with E-state index in [1.54, 1.807) is 31.2 Å². The van der Waals surface area contributed by atoms with E-state index in [0.717, 1.165) is 21.8 Å². The highest BCUT2D eigenvalue weighted by Crippen LogP contribution is 2.24. The molecule has 1 heterocycles. The molecule has 0 radical (unpaired) electrons. The Labute approximate surface area is 180 Å². The Morgan fingerprint density at radius 2 is 1.48 bits per heavy atom. The molecule has 4 rings (SSSR count). The van der Waals surface area contributed by atoms with E-state index in [2.05, 4.69) is 5.32 Å². The lowest BCUT2D eigenvalue weighted by molar-refractivity contribution is -0.124. The van der Waals surface area contributed by atoms with Crippen molar-refractivity contribution in [1.82, 2.24) is 10.2 Å². The van der Waals surface area contributed by atoms with Gasteiger partial charge in [0.25, 0.3) is 11.8 Å². The monoisotopic (exact) mass is 414 g/mol. The van der Waals surface area contributed by atoms with Crippen molar-refractivity contribution in [3.63, 3.8) is 0 Å². The van der Waals surface area contributed by atoms with Crippen molar-refractivity contribution in [3.8, 4) is 5.75 Å². The molecule has 0 saturated carbocycles. The molecule has 1 atom stereocenters. The van der Waals surface area contributed by atoms with E-state index in [4.69, 9.17) is 4.74 Å². The Morgan fingerprint density at radius 1 is 0.871 bits per heavy atom. The highest BCUT2D eigenvalue weighted by atomic mass is 16.5. The van der Waals surface area contributed by atoms with Crippen LogP contribution in [0.4, 0.5) is 0 Å². The fraction of sp³-hybridized carbons (Fsp3) is 0.160. The first-order valence-corrected chi connectivity index (χ1v) is 10.0. The summed E-state index contributed by atoms with van der Waals surface area (Å²) in [5, 5.41) is 2.82. The number of para-hydroxylation sites is 1. The molecule has 156 valence electrons. The topological polar surface area (TPSA) is 75.7 Å². The number of amides is 3. The summed E-state index contributed by atoms with van der Waals surface area (Å²) < 4.78 is 5.76. The van der Waals surface area contributed by atoms with Crippen molar-refractivity contribution in [2.45, 2.75) is 26.1 Å². The minimum Gasteiger partial charge on any atom is -0.489 e. The van der Waals surface area contributed by atoms with Crippen LogP contribution in [0.1, 0.15) is 38.8 Å². The van der Waals surface area contributed by atoms with Crippen molar-refractivity contribution in [3.05, 3.63) is 101 Å². The van der Waals surface area contributed by atoms with E-state index in [1.165, 1.54) is 0 Å². The summed E-state index contributed by atoms with van der Waals surface area (Å²) in [6.45, 7) is 2.25. The average molecular weight is 414 g/mol. The van der Waals surface area contributed by atoms with Crippen LogP contribution in [0.15, 0.2) is 78.9 Å². The van der Waals surface area contributed by atoms with Crippen molar-refractivity contribution in [2.24, 2.45) is 0 Å². The Kier molecular flexibility index (Phi) is 5.80. The molecule has 3 aromatic rings. The van der Waals surface area contributed by atoms with Gasteiger partial charge in [0.15, 0.2) is 0 Å². The van der Waals surface area contributed by atoms with E-state index in [0.29, 0.717) is 17.7 Å². The summed E-state index contributed by atoms with van der Waals surface area (Å²) in [6, 6.07) is 23.0. The number of fused-ring (bicyclic) bond motifs is 1. The van der Waals surface area contributed by atoms with Gasteiger partial charge in [-0.2, -0.15) is 0 Å². The Morgan fingerprint density at radius 3 is 2.16 bits per heavy atom. The van der Waals surface area contributed by atoms with Crippen molar-refractivity contribution in [1.29, 1.82) is 0 Å². The minimum absolute atomic E-state index is 0.283. The highest BCUT2D eigenvalue weighted by Gasteiger charge is 2.40. The zero-order chi connectivity index (χ0) is 21.8. The van der Waals surface area contributed by atoms with E-state index < -0.39 is 17.9 Å². The summed E-state index contributed by atoms with van der Waals surface area (Å²) in [6.07, 6.45) is 0. The van der Waals surface area contributed by atoms with Gasteiger partial charge < -0.3 is 10.1 Å². The molecule has 1 aliphatic rings. The lowest BCUT2D eigenvalue weighted by Crippen LogP contribution is -2.47. The molecule has 0 aliphatic carbocycles. The Hall–Kier alpha value is -3.93. The Balaban J connectivity index is 1.36. The molecular weight excluding hydrogens is 392 g/mol. The van der Waals surface area contributed by atoms with E-state index in [9.17, 15) is 14.4 Å². The van der Waals surface area contributed by atoms with Gasteiger partial charge in [-0.3, -0.25) is 19.3 Å². The molecule has 1 aliphatic heterocycles. The number of carbonyl (C=O) groups is 3. The predicted molar refractivity (Wildman–Crippen MR) is 115 cm³/mol. The van der Waals surface area contributed by atoms with Crippen LogP contribution in [0, 0.1) is 0 Å². The molecule has 0 fully saturated rings. The lowest BCUT2D eigenvalue weighted by atomic mass is 10.1. The molecule has 3 amide bonds. The summed E-state index contributed by atoms with van der Waals surface area (Å²) >= 11 is 0. The number of ether oxygens (including phenoxy) is 1. The number of hydrogen-bond donors (Lipinski definition) is 1. The largest absolute Gasteiger partial charge is 0.489 e. The number of rotatable bonds is 7. The number of hydrogen-bond acceptors (Lipinski definition) is 4. The second-order valence-electron chi connectivity index (χ2n) is 7.34. The molecule has 6 nitrogen and oxygen atoms in total. The zero-order valence-electron chi connectivity index (χ0n) is 17.1. The van der Waals surface area contributed by atoms with Crippen LogP contribution >= 0.6 is 0 Å². The summed E-state index contributed by atoms with van der Waals surface area (Å²) in [5.74, 6) is -0.483. The third kappa shape index (κ3) is 4.33. The average Bonchev–Trinajstić information content (AvgIpc) is 3.07. The molecule has 0 bridgehead atoms. The van der Waals surface area contributed by atoms with Gasteiger partial charge in [0.1, 0.15) is 18.4 Å². The second-order valence-corrected chi connectivity index (χ2v) is 7.34. The minimum atomic E-state index is -0.906. The molecule has 0 saturated heterocycles. The van der Waals surface area contributed by atoms with Crippen LogP contribution < -0.4 is 10.1 Å². The van der Waals surface area contributed by atoms with Crippen LogP contribution in [-0.2, 0) is 17.9 Å². The van der Waals surface area contributed by atoms with E-state index in [-0.39, 0.29) is 12.5 Å². The molecule has 1 N–H and O–H groups in total. The molecule has 6 heteroatoms. The highest BCUT2D eigenvalue weighted by molar-refractivity contribution is 6.22. The van der Waals surface area contributed by atoms with Gasteiger partial charge in [-0.05, 0) is 42.3 Å². The Bertz CT molecular complexity index is 1090. The van der Waals surface area contributed by atoms with Crippen molar-refractivity contribution < 1.29 is 19.1 Å². The molecule has 0 aromatic heterocycles. The first kappa shape index (κ1) is 20.3. The maximum atomic E-state index is 12.7. The third-order valence-electron chi connectivity index (χ3n) is 5.20. The number of carbonyl (C=O) groups excluding carboxylic acids is 3. The molecule has 0 spiro atoms. The van der Waals surface area contributed by atoms with Crippen LogP contribution in [0.5, 0.6) is 5.75 Å². The fourth-order valence-corrected chi connectivity index (χ4v) is 3.53. The van der Waals surface area contributed by atoms with E-state index >= 15 is 0 Å². The maximum absolute atomic E-state index is 12.7. The molecule has 3 aromatic carbocycles. The van der Waals surface area contributed by atoms with Gasteiger partial charge in [-0.1, -0.05) is 54.6 Å². The summed E-state index contributed by atoms with van der Waals surface area (Å²) in [5.41, 5.74) is 2.54. The summed E-state index contributed by atoms with van der Waals surface area (Å²) in [4.78, 5) is 38.8. The first-order valence-electron chi connectivity index (χ1n) is 10.0. The standard InChI is InChI=1S/C25H22N2O4/c1-17(27-24(29)21-12-5-6-13-22(21)25(27)30)23(28)26-15-18-8-7-9-19(14-18)16-31-20-10-3-2-4-11-20/h2-14,17H,15-16H2,1H3,(H,26,28). The smallest absolute Gasteiger partial charge is 0.262 e. The van der Waals surface area contributed by atoms with Gasteiger partial charge in [0, 0.05) is 6.54 Å². The molecular formula is C25H22N2O4. The first-order chi connectivity index (χ1) is 15.0. The number of nitrogens with zero attached hydrogens (tertiary/aromatic N) is 1. The van der Waals surface area contributed by atoms with Crippen LogP contribution in [-0.4, -0.2) is 28.7 Å². The van der Waals surface area contributed by atoms with Gasteiger partial charge in [-0.25, -0.2) is 0 Å². The van der Waals surface area contributed by atoms with Crippen LogP contribution in [0.25, 0.3) is 0 Å². The van der Waals surface area contributed by atoms with Crippen LogP contribution in [0.3, 0.4) is 0 Å². The normalized spacial score (nSPS) is 13.6.